The normalized spacial score (nSPS) is 34.5. The van der Waals surface area contributed by atoms with Gasteiger partial charge in [0.25, 0.3) is 0 Å². The minimum Gasteiger partial charge on any atom is -0.464 e. The van der Waals surface area contributed by atoms with Gasteiger partial charge in [0.15, 0.2) is 0 Å². The second-order valence-corrected chi connectivity index (χ2v) is 10.2. The van der Waals surface area contributed by atoms with Crippen molar-refractivity contribution in [2.45, 2.75) is 89.1 Å². The highest BCUT2D eigenvalue weighted by Gasteiger charge is 2.65. The van der Waals surface area contributed by atoms with Crippen LogP contribution >= 0.6 is 0 Å². The fourth-order valence-electron chi connectivity index (χ4n) is 6.93. The average Bonchev–Trinajstić information content (AvgIpc) is 3.38. The van der Waals surface area contributed by atoms with Crippen LogP contribution in [0.25, 0.3) is 0 Å². The SMILES string of the molecule is C=CC1CC23CN4CCCCC=CCCc5cc(c(o5)C2N1C(=O)CCCC)C3CC4. The van der Waals surface area contributed by atoms with Gasteiger partial charge in [-0.3, -0.25) is 4.79 Å². The quantitative estimate of drug-likeness (QED) is 0.579. The Hall–Kier alpha value is -1.81. The smallest absolute Gasteiger partial charge is 0.223 e. The van der Waals surface area contributed by atoms with Crippen molar-refractivity contribution in [3.05, 3.63) is 48.0 Å². The maximum absolute atomic E-state index is 13.5. The van der Waals surface area contributed by atoms with Crippen LogP contribution in [0.1, 0.15) is 93.8 Å². The summed E-state index contributed by atoms with van der Waals surface area (Å²) >= 11 is 0. The van der Waals surface area contributed by atoms with Crippen molar-refractivity contribution in [2.24, 2.45) is 5.41 Å². The van der Waals surface area contributed by atoms with Crippen LogP contribution in [-0.4, -0.2) is 41.4 Å². The highest BCUT2D eigenvalue weighted by Crippen LogP contribution is 2.67. The van der Waals surface area contributed by atoms with E-state index in [4.69, 9.17) is 4.42 Å². The van der Waals surface area contributed by atoms with Crippen molar-refractivity contribution in [3.8, 4) is 0 Å². The van der Waals surface area contributed by atoms with Crippen LogP contribution in [0.5, 0.6) is 0 Å². The van der Waals surface area contributed by atoms with Gasteiger partial charge in [-0.1, -0.05) is 31.6 Å². The zero-order chi connectivity index (χ0) is 21.4. The Morgan fingerprint density at radius 1 is 1.29 bits per heavy atom. The Balaban J connectivity index is 1.56. The fraction of sp³-hybridized carbons (Fsp3) is 0.667. The molecule has 4 aliphatic heterocycles. The van der Waals surface area contributed by atoms with E-state index >= 15 is 0 Å². The maximum atomic E-state index is 13.5. The standard InChI is InChI=1S/C27H38N2O2/c1-3-5-13-24(30)29-20(4-2)18-27-19-28-15-11-9-7-6-8-10-12-21-17-22(23(27)14-16-28)25(31-21)26(27)29/h4,6,8,17,20,23,26H,2-3,5,7,9-16,18-19H2,1H3. The van der Waals surface area contributed by atoms with Crippen LogP contribution in [0.2, 0.25) is 0 Å². The van der Waals surface area contributed by atoms with E-state index in [1.807, 2.05) is 6.08 Å². The lowest BCUT2D eigenvalue weighted by Crippen LogP contribution is -2.48. The van der Waals surface area contributed by atoms with Crippen LogP contribution in [0.3, 0.4) is 0 Å². The topological polar surface area (TPSA) is 36.7 Å². The molecular formula is C27H38N2O2. The van der Waals surface area contributed by atoms with Crippen molar-refractivity contribution in [1.29, 1.82) is 0 Å². The summed E-state index contributed by atoms with van der Waals surface area (Å²) in [6, 6.07) is 2.55. The molecular weight excluding hydrogens is 384 g/mol. The lowest BCUT2D eigenvalue weighted by molar-refractivity contribution is -0.135. The number of carbonyl (C=O) groups is 1. The molecule has 6 rings (SSSR count). The Kier molecular flexibility index (Phi) is 5.85. The number of hydrogen-bond acceptors (Lipinski definition) is 3. The zero-order valence-corrected chi connectivity index (χ0v) is 19.2. The summed E-state index contributed by atoms with van der Waals surface area (Å²) in [7, 11) is 0. The highest BCUT2D eigenvalue weighted by atomic mass is 16.3. The number of rotatable bonds is 4. The predicted molar refractivity (Wildman–Crippen MR) is 124 cm³/mol. The van der Waals surface area contributed by atoms with Gasteiger partial charge in [0, 0.05) is 24.8 Å². The van der Waals surface area contributed by atoms with Crippen LogP contribution in [-0.2, 0) is 11.2 Å². The van der Waals surface area contributed by atoms with Gasteiger partial charge in [-0.25, -0.2) is 0 Å². The molecule has 0 aromatic carbocycles. The highest BCUT2D eigenvalue weighted by molar-refractivity contribution is 5.78. The summed E-state index contributed by atoms with van der Waals surface area (Å²) in [5.74, 6) is 3.00. The number of unbranched alkanes of at least 4 members (excludes halogenated alkanes) is 1. The van der Waals surface area contributed by atoms with E-state index in [0.717, 1.165) is 56.7 Å². The first-order chi connectivity index (χ1) is 15.2. The number of nitrogens with zero attached hydrogens (tertiary/aromatic N) is 2. The fourth-order valence-corrected chi connectivity index (χ4v) is 6.93. The number of piperidine rings is 1. The van der Waals surface area contributed by atoms with Gasteiger partial charge in [0.05, 0.1) is 12.1 Å². The van der Waals surface area contributed by atoms with Crippen molar-refractivity contribution in [2.75, 3.05) is 19.6 Å². The van der Waals surface area contributed by atoms with E-state index in [9.17, 15) is 4.79 Å². The first-order valence-corrected chi connectivity index (χ1v) is 12.6. The van der Waals surface area contributed by atoms with Crippen molar-refractivity contribution < 1.29 is 9.21 Å². The monoisotopic (exact) mass is 422 g/mol. The third kappa shape index (κ3) is 3.51. The number of carbonyl (C=O) groups excluding carboxylic acids is 1. The van der Waals surface area contributed by atoms with Crippen molar-refractivity contribution in [3.63, 3.8) is 0 Å². The number of allylic oxidation sites excluding steroid dienone is 2. The summed E-state index contributed by atoms with van der Waals surface area (Å²) in [6.45, 7) is 9.73. The molecule has 4 heteroatoms. The summed E-state index contributed by atoms with van der Waals surface area (Å²) in [4.78, 5) is 18.3. The molecule has 6 bridgehead atoms. The van der Waals surface area contributed by atoms with Gasteiger partial charge in [-0.05, 0) is 75.6 Å². The first-order valence-electron chi connectivity index (χ1n) is 12.6. The molecule has 5 heterocycles. The van der Waals surface area contributed by atoms with Gasteiger partial charge >= 0.3 is 0 Å². The third-order valence-corrected chi connectivity index (χ3v) is 8.30. The van der Waals surface area contributed by atoms with Gasteiger partial charge in [-0.2, -0.15) is 0 Å². The molecule has 0 radical (unpaired) electrons. The number of hydrogen-bond donors (Lipinski definition) is 0. The molecule has 2 saturated heterocycles. The second-order valence-electron chi connectivity index (χ2n) is 10.2. The third-order valence-electron chi connectivity index (χ3n) is 8.30. The van der Waals surface area contributed by atoms with Crippen LogP contribution in [0, 0.1) is 5.41 Å². The Morgan fingerprint density at radius 3 is 3.00 bits per heavy atom. The first kappa shape index (κ1) is 21.1. The predicted octanol–water partition coefficient (Wildman–Crippen LogP) is 5.76. The lowest BCUT2D eigenvalue weighted by Gasteiger charge is -2.45. The summed E-state index contributed by atoms with van der Waals surface area (Å²) in [5, 5.41) is 0. The van der Waals surface area contributed by atoms with E-state index in [-0.39, 0.29) is 23.4 Å². The molecule has 0 N–H and O–H groups in total. The number of amides is 1. The average molecular weight is 423 g/mol. The molecule has 5 unspecified atom stereocenters. The zero-order valence-electron chi connectivity index (χ0n) is 19.2. The molecule has 1 aromatic heterocycles. The second kappa shape index (κ2) is 8.61. The summed E-state index contributed by atoms with van der Waals surface area (Å²) < 4.78 is 6.59. The molecule has 1 aromatic rings. The van der Waals surface area contributed by atoms with E-state index < -0.39 is 0 Å². The maximum Gasteiger partial charge on any atom is 0.223 e. The molecule has 5 aliphatic rings. The largest absolute Gasteiger partial charge is 0.464 e. The number of furan rings is 1. The summed E-state index contributed by atoms with van der Waals surface area (Å²) in [6.07, 6.45) is 17.2. The number of likely N-dealkylation sites (tertiary alicyclic amines) is 1. The molecule has 4 nitrogen and oxygen atoms in total. The van der Waals surface area contributed by atoms with Crippen molar-refractivity contribution >= 4 is 5.91 Å². The van der Waals surface area contributed by atoms with E-state index in [1.54, 1.807) is 0 Å². The molecule has 5 atom stereocenters. The van der Waals surface area contributed by atoms with Crippen LogP contribution in [0.4, 0.5) is 0 Å². The van der Waals surface area contributed by atoms with E-state index in [0.29, 0.717) is 12.3 Å². The Morgan fingerprint density at radius 2 is 2.16 bits per heavy atom. The molecule has 2 fully saturated rings. The van der Waals surface area contributed by atoms with E-state index in [2.05, 4.69) is 41.5 Å². The van der Waals surface area contributed by atoms with Crippen LogP contribution in [0.15, 0.2) is 35.3 Å². The molecule has 0 saturated carbocycles. The van der Waals surface area contributed by atoms with Gasteiger partial charge in [-0.15, -0.1) is 6.58 Å². The minimum atomic E-state index is 0.0806. The van der Waals surface area contributed by atoms with Gasteiger partial charge in [0.1, 0.15) is 11.5 Å². The van der Waals surface area contributed by atoms with Gasteiger partial charge < -0.3 is 14.2 Å². The lowest BCUT2D eigenvalue weighted by atomic mass is 9.68. The molecule has 1 spiro atoms. The molecule has 168 valence electrons. The Labute approximate surface area is 187 Å². The number of aryl methyl sites for hydroxylation is 1. The molecule has 1 aliphatic carbocycles. The van der Waals surface area contributed by atoms with Gasteiger partial charge in [0.2, 0.25) is 5.91 Å². The van der Waals surface area contributed by atoms with Crippen molar-refractivity contribution in [1.82, 2.24) is 9.80 Å². The molecule has 31 heavy (non-hydrogen) atoms. The minimum absolute atomic E-state index is 0.0806. The molecule has 1 amide bonds. The van der Waals surface area contributed by atoms with E-state index in [1.165, 1.54) is 37.8 Å². The summed E-state index contributed by atoms with van der Waals surface area (Å²) in [5.41, 5.74) is 1.50. The number of fused-ring (bicyclic) bond motifs is 7. The van der Waals surface area contributed by atoms with Crippen LogP contribution < -0.4 is 0 Å². The Bertz CT molecular complexity index is 855.